The Morgan fingerprint density at radius 1 is 1.17 bits per heavy atom. The molecule has 2 heterocycles. The summed E-state index contributed by atoms with van der Waals surface area (Å²) >= 11 is 12.1. The van der Waals surface area contributed by atoms with Crippen LogP contribution < -0.4 is 5.32 Å². The molecule has 0 saturated carbocycles. The smallest absolute Gasteiger partial charge is 0.227 e. The van der Waals surface area contributed by atoms with Gasteiger partial charge in [0, 0.05) is 17.5 Å². The summed E-state index contributed by atoms with van der Waals surface area (Å²) in [4.78, 5) is 19.9. The highest BCUT2D eigenvalue weighted by molar-refractivity contribution is 6.36. The van der Waals surface area contributed by atoms with E-state index in [4.69, 9.17) is 28.2 Å². The number of nitrogens with one attached hydrogen (secondary N) is 1. The zero-order valence-electron chi connectivity index (χ0n) is 16.4. The number of likely N-dealkylation sites (tertiary alicyclic amines) is 1. The quantitative estimate of drug-likeness (QED) is 0.603. The minimum atomic E-state index is -0.0111. The highest BCUT2D eigenvalue weighted by Crippen LogP contribution is 2.27. The van der Waals surface area contributed by atoms with Crippen LogP contribution in [0.2, 0.25) is 10.0 Å². The van der Waals surface area contributed by atoms with Crippen molar-refractivity contribution in [2.24, 2.45) is 5.92 Å². The number of halogens is 2. The standard InChI is InChI=1S/C22H24Cl2N4O/c1-2-28-20-6-4-3-5-19(20)25-21(28)14-27-11-9-15(10-12-27)22(29)26-18-8-7-16(23)13-17(18)24/h3-8,13,15H,2,9-12,14H2,1H3,(H,26,29). The first-order valence-corrected chi connectivity index (χ1v) is 10.7. The summed E-state index contributed by atoms with van der Waals surface area (Å²) in [5.41, 5.74) is 2.83. The molecule has 3 aromatic rings. The number of para-hydroxylation sites is 2. The molecule has 152 valence electrons. The summed E-state index contributed by atoms with van der Waals surface area (Å²) in [6.45, 7) is 5.60. The number of aryl methyl sites for hydroxylation is 1. The summed E-state index contributed by atoms with van der Waals surface area (Å²) < 4.78 is 2.27. The molecule has 29 heavy (non-hydrogen) atoms. The van der Waals surface area contributed by atoms with Crippen molar-refractivity contribution in [1.29, 1.82) is 0 Å². The molecular formula is C22H24Cl2N4O. The van der Waals surface area contributed by atoms with E-state index in [-0.39, 0.29) is 11.8 Å². The van der Waals surface area contributed by atoms with Gasteiger partial charge < -0.3 is 9.88 Å². The van der Waals surface area contributed by atoms with Crippen molar-refractivity contribution >= 4 is 45.8 Å². The molecule has 0 spiro atoms. The number of rotatable bonds is 5. The van der Waals surface area contributed by atoms with Crippen LogP contribution in [0.4, 0.5) is 5.69 Å². The van der Waals surface area contributed by atoms with Crippen molar-refractivity contribution in [2.45, 2.75) is 32.9 Å². The predicted molar refractivity (Wildman–Crippen MR) is 118 cm³/mol. The number of hydrogen-bond acceptors (Lipinski definition) is 3. The van der Waals surface area contributed by atoms with Crippen LogP contribution in [0.25, 0.3) is 11.0 Å². The first-order chi connectivity index (χ1) is 14.0. The second kappa shape index (κ2) is 8.74. The van der Waals surface area contributed by atoms with Crippen LogP contribution in [0.15, 0.2) is 42.5 Å². The van der Waals surface area contributed by atoms with E-state index in [0.29, 0.717) is 15.7 Å². The first kappa shape index (κ1) is 20.2. The maximum Gasteiger partial charge on any atom is 0.227 e. The van der Waals surface area contributed by atoms with Crippen molar-refractivity contribution in [3.8, 4) is 0 Å². The Bertz CT molecular complexity index is 1020. The summed E-state index contributed by atoms with van der Waals surface area (Å²) in [5, 5.41) is 3.96. The molecule has 5 nitrogen and oxygen atoms in total. The molecule has 1 aliphatic heterocycles. The molecule has 4 rings (SSSR count). The fourth-order valence-electron chi connectivity index (χ4n) is 3.98. The number of imidazole rings is 1. The number of carbonyl (C=O) groups is 1. The molecule has 0 atom stereocenters. The van der Waals surface area contributed by atoms with Gasteiger partial charge in [0.1, 0.15) is 5.82 Å². The van der Waals surface area contributed by atoms with E-state index >= 15 is 0 Å². The van der Waals surface area contributed by atoms with Crippen LogP contribution in [0.5, 0.6) is 0 Å². The third kappa shape index (κ3) is 4.42. The number of anilines is 1. The van der Waals surface area contributed by atoms with Gasteiger partial charge in [-0.05, 0) is 63.2 Å². The zero-order chi connectivity index (χ0) is 20.4. The second-order valence-electron chi connectivity index (χ2n) is 7.42. The van der Waals surface area contributed by atoms with Crippen LogP contribution in [0.1, 0.15) is 25.6 Å². The Morgan fingerprint density at radius 3 is 2.66 bits per heavy atom. The van der Waals surface area contributed by atoms with Gasteiger partial charge in [0.2, 0.25) is 5.91 Å². The highest BCUT2D eigenvalue weighted by Gasteiger charge is 2.26. The molecule has 0 unspecified atom stereocenters. The molecule has 1 saturated heterocycles. The monoisotopic (exact) mass is 430 g/mol. The van der Waals surface area contributed by atoms with Gasteiger partial charge in [0.05, 0.1) is 28.3 Å². The van der Waals surface area contributed by atoms with Crippen molar-refractivity contribution in [3.63, 3.8) is 0 Å². The second-order valence-corrected chi connectivity index (χ2v) is 8.27. The molecular weight excluding hydrogens is 407 g/mol. The third-order valence-electron chi connectivity index (χ3n) is 5.56. The van der Waals surface area contributed by atoms with Gasteiger partial charge in [-0.25, -0.2) is 4.98 Å². The SMILES string of the molecule is CCn1c(CN2CCC(C(=O)Nc3ccc(Cl)cc3Cl)CC2)nc2ccccc21. The minimum absolute atomic E-state index is 0.0111. The van der Waals surface area contributed by atoms with Crippen LogP contribution in [0, 0.1) is 5.92 Å². The largest absolute Gasteiger partial charge is 0.327 e. The maximum atomic E-state index is 12.6. The number of fused-ring (bicyclic) bond motifs is 1. The van der Waals surface area contributed by atoms with Crippen molar-refractivity contribution in [3.05, 3.63) is 58.3 Å². The summed E-state index contributed by atoms with van der Waals surface area (Å²) in [5.74, 6) is 1.10. The molecule has 1 aromatic heterocycles. The summed E-state index contributed by atoms with van der Waals surface area (Å²) in [7, 11) is 0. The Kier molecular flexibility index (Phi) is 6.09. The molecule has 0 radical (unpaired) electrons. The Balaban J connectivity index is 1.36. The van der Waals surface area contributed by atoms with Gasteiger partial charge in [-0.1, -0.05) is 35.3 Å². The Labute approximate surface area is 180 Å². The van der Waals surface area contributed by atoms with E-state index in [2.05, 4.69) is 39.9 Å². The van der Waals surface area contributed by atoms with Crippen LogP contribution in [-0.2, 0) is 17.9 Å². The number of nitrogens with zero attached hydrogens (tertiary/aromatic N) is 3. The van der Waals surface area contributed by atoms with E-state index in [1.54, 1.807) is 18.2 Å². The normalized spacial score (nSPS) is 15.7. The lowest BCUT2D eigenvalue weighted by atomic mass is 9.96. The first-order valence-electron chi connectivity index (χ1n) is 9.97. The fourth-order valence-corrected chi connectivity index (χ4v) is 4.43. The molecule has 1 amide bonds. The molecule has 0 aliphatic carbocycles. The van der Waals surface area contributed by atoms with E-state index in [1.165, 1.54) is 5.52 Å². The van der Waals surface area contributed by atoms with Gasteiger partial charge in [-0.2, -0.15) is 0 Å². The van der Waals surface area contributed by atoms with Crippen molar-refractivity contribution in [2.75, 3.05) is 18.4 Å². The van der Waals surface area contributed by atoms with Crippen LogP contribution >= 0.6 is 23.2 Å². The Morgan fingerprint density at radius 2 is 1.93 bits per heavy atom. The Hall–Kier alpha value is -2.08. The van der Waals surface area contributed by atoms with Gasteiger partial charge in [-0.15, -0.1) is 0 Å². The highest BCUT2D eigenvalue weighted by atomic mass is 35.5. The molecule has 7 heteroatoms. The maximum absolute atomic E-state index is 12.6. The number of hydrogen-bond donors (Lipinski definition) is 1. The molecule has 2 aromatic carbocycles. The van der Waals surface area contributed by atoms with E-state index in [1.807, 2.05) is 6.07 Å². The predicted octanol–water partition coefficient (Wildman–Crippen LogP) is 5.21. The van der Waals surface area contributed by atoms with E-state index in [9.17, 15) is 4.79 Å². The van der Waals surface area contributed by atoms with Crippen LogP contribution in [0.3, 0.4) is 0 Å². The average molecular weight is 431 g/mol. The topological polar surface area (TPSA) is 50.2 Å². The lowest BCUT2D eigenvalue weighted by Crippen LogP contribution is -2.38. The number of amides is 1. The molecule has 1 aliphatic rings. The number of aromatic nitrogens is 2. The molecule has 1 fully saturated rings. The van der Waals surface area contributed by atoms with Gasteiger partial charge in [0.15, 0.2) is 0 Å². The van der Waals surface area contributed by atoms with E-state index in [0.717, 1.165) is 50.4 Å². The van der Waals surface area contributed by atoms with Crippen molar-refractivity contribution < 1.29 is 4.79 Å². The summed E-state index contributed by atoms with van der Waals surface area (Å²) in [6, 6.07) is 13.4. The third-order valence-corrected chi connectivity index (χ3v) is 6.11. The average Bonchev–Trinajstić information content (AvgIpc) is 3.07. The lowest BCUT2D eigenvalue weighted by Gasteiger charge is -2.31. The minimum Gasteiger partial charge on any atom is -0.327 e. The van der Waals surface area contributed by atoms with Crippen LogP contribution in [-0.4, -0.2) is 33.4 Å². The van der Waals surface area contributed by atoms with Crippen molar-refractivity contribution in [1.82, 2.24) is 14.5 Å². The van der Waals surface area contributed by atoms with Gasteiger partial charge in [-0.3, -0.25) is 9.69 Å². The fraction of sp³-hybridized carbons (Fsp3) is 0.364. The van der Waals surface area contributed by atoms with Gasteiger partial charge in [0.25, 0.3) is 0 Å². The number of carbonyl (C=O) groups excluding carboxylic acids is 1. The zero-order valence-corrected chi connectivity index (χ0v) is 17.9. The summed E-state index contributed by atoms with van der Waals surface area (Å²) in [6.07, 6.45) is 1.65. The number of piperidine rings is 1. The van der Waals surface area contributed by atoms with E-state index < -0.39 is 0 Å². The lowest BCUT2D eigenvalue weighted by molar-refractivity contribution is -0.121. The molecule has 0 bridgehead atoms. The van der Waals surface area contributed by atoms with Gasteiger partial charge >= 0.3 is 0 Å². The molecule has 1 N–H and O–H groups in total. The number of benzene rings is 2.